The first kappa shape index (κ1) is 16.6. The van der Waals surface area contributed by atoms with E-state index in [-0.39, 0.29) is 0 Å². The second kappa shape index (κ2) is 7.00. The first-order valence-electron chi connectivity index (χ1n) is 7.11. The monoisotopic (exact) mass is 369 g/mol. The Morgan fingerprint density at radius 3 is 2.82 bits per heavy atom. The van der Waals surface area contributed by atoms with E-state index in [1.165, 1.54) is 0 Å². The van der Waals surface area contributed by atoms with Gasteiger partial charge in [-0.3, -0.25) is 0 Å². The molecule has 0 unspecified atom stereocenters. The number of nitrogens with one attached hydrogen (secondary N) is 2. The van der Waals surface area contributed by atoms with Gasteiger partial charge in [-0.25, -0.2) is 4.79 Å². The van der Waals surface area contributed by atoms with Gasteiger partial charge < -0.3 is 19.8 Å². The molecule has 2 rings (SSSR count). The Hall–Kier alpha value is -1.76. The average molecular weight is 370 g/mol. The maximum Gasteiger partial charge on any atom is 0.407 e. The van der Waals surface area contributed by atoms with E-state index in [4.69, 9.17) is 9.15 Å². The highest BCUT2D eigenvalue weighted by Gasteiger charge is 2.15. The van der Waals surface area contributed by atoms with Crippen LogP contribution in [-0.4, -0.2) is 29.8 Å². The molecule has 0 spiro atoms. The van der Waals surface area contributed by atoms with Crippen molar-refractivity contribution in [3.8, 4) is 0 Å². The van der Waals surface area contributed by atoms with Crippen molar-refractivity contribution in [1.29, 1.82) is 0 Å². The Morgan fingerprint density at radius 2 is 2.14 bits per heavy atom. The van der Waals surface area contributed by atoms with Crippen molar-refractivity contribution >= 4 is 39.1 Å². The highest BCUT2D eigenvalue weighted by atomic mass is 79.9. The van der Waals surface area contributed by atoms with Crippen LogP contribution in [0.15, 0.2) is 27.1 Å². The molecule has 0 fully saturated rings. The number of aromatic nitrogens is 1. The number of para-hydroxylation sites is 1. The molecule has 7 heteroatoms. The fourth-order valence-corrected chi connectivity index (χ4v) is 2.22. The summed E-state index contributed by atoms with van der Waals surface area (Å²) in [4.78, 5) is 15.8. The number of rotatable bonds is 5. The number of alkyl carbamates (subject to hydrolysis) is 1. The summed E-state index contributed by atoms with van der Waals surface area (Å²) in [5.41, 5.74) is 1.04. The second-order valence-corrected chi connectivity index (χ2v) is 6.67. The largest absolute Gasteiger partial charge is 0.444 e. The van der Waals surface area contributed by atoms with Gasteiger partial charge in [0.15, 0.2) is 5.58 Å². The number of benzene rings is 1. The molecule has 0 aliphatic heterocycles. The first-order valence-corrected chi connectivity index (χ1v) is 7.90. The van der Waals surface area contributed by atoms with Crippen LogP contribution in [0, 0.1) is 0 Å². The van der Waals surface area contributed by atoms with E-state index in [1.54, 1.807) is 0 Å². The van der Waals surface area contributed by atoms with Crippen molar-refractivity contribution in [2.45, 2.75) is 32.8 Å². The highest BCUT2D eigenvalue weighted by Crippen LogP contribution is 2.26. The summed E-state index contributed by atoms with van der Waals surface area (Å²) in [6.45, 7) is 6.66. The van der Waals surface area contributed by atoms with Gasteiger partial charge in [-0.2, -0.15) is 4.98 Å². The van der Waals surface area contributed by atoms with Crippen molar-refractivity contribution in [3.63, 3.8) is 0 Å². The van der Waals surface area contributed by atoms with Gasteiger partial charge in [-0.05, 0) is 55.3 Å². The number of halogens is 1. The van der Waals surface area contributed by atoms with E-state index < -0.39 is 11.7 Å². The van der Waals surface area contributed by atoms with Crippen LogP contribution in [0.25, 0.3) is 11.1 Å². The minimum atomic E-state index is -0.478. The lowest BCUT2D eigenvalue weighted by molar-refractivity contribution is 0.0528. The molecule has 1 aromatic carbocycles. The van der Waals surface area contributed by atoms with Crippen molar-refractivity contribution in [2.24, 2.45) is 0 Å². The van der Waals surface area contributed by atoms with Crippen LogP contribution in [-0.2, 0) is 4.74 Å². The molecule has 1 heterocycles. The number of hydrogen-bond donors (Lipinski definition) is 2. The third-order valence-corrected chi connectivity index (χ3v) is 3.29. The molecule has 0 bridgehead atoms. The van der Waals surface area contributed by atoms with Crippen LogP contribution in [0.2, 0.25) is 0 Å². The van der Waals surface area contributed by atoms with Crippen LogP contribution in [0.5, 0.6) is 0 Å². The number of fused-ring (bicyclic) bond motifs is 1. The van der Waals surface area contributed by atoms with E-state index in [1.807, 2.05) is 39.0 Å². The zero-order chi connectivity index (χ0) is 16.2. The minimum Gasteiger partial charge on any atom is -0.444 e. The summed E-state index contributed by atoms with van der Waals surface area (Å²) in [5.74, 6) is 0. The van der Waals surface area contributed by atoms with E-state index in [2.05, 4.69) is 31.5 Å². The lowest BCUT2D eigenvalue weighted by Crippen LogP contribution is -2.33. The van der Waals surface area contributed by atoms with Gasteiger partial charge in [0, 0.05) is 13.1 Å². The van der Waals surface area contributed by atoms with Gasteiger partial charge in [-0.1, -0.05) is 6.07 Å². The van der Waals surface area contributed by atoms with Crippen molar-refractivity contribution < 1.29 is 13.9 Å². The molecular weight excluding hydrogens is 350 g/mol. The Morgan fingerprint density at radius 1 is 1.36 bits per heavy atom. The summed E-state index contributed by atoms with van der Waals surface area (Å²) in [6, 6.07) is 6.17. The van der Waals surface area contributed by atoms with Crippen LogP contribution in [0.4, 0.5) is 10.8 Å². The van der Waals surface area contributed by atoms with Gasteiger partial charge in [0.05, 0.1) is 4.47 Å². The summed E-state index contributed by atoms with van der Waals surface area (Å²) in [7, 11) is 0. The lowest BCUT2D eigenvalue weighted by atomic mass is 10.2. The van der Waals surface area contributed by atoms with Gasteiger partial charge in [0.2, 0.25) is 0 Å². The molecule has 0 radical (unpaired) electrons. The Labute approximate surface area is 137 Å². The Bertz CT molecular complexity index is 649. The number of hydrogen-bond acceptors (Lipinski definition) is 5. The standard InChI is InChI=1S/C15H20BrN3O3/c1-15(2,3)22-14(20)18-9-5-8-17-13-19-11-7-4-6-10(16)12(11)21-13/h4,6-7H,5,8-9H2,1-3H3,(H,17,19)(H,18,20). The molecule has 22 heavy (non-hydrogen) atoms. The summed E-state index contributed by atoms with van der Waals surface area (Å²) in [5, 5.41) is 5.79. The number of oxazole rings is 1. The fourth-order valence-electron chi connectivity index (χ4n) is 1.78. The molecule has 2 N–H and O–H groups in total. The molecule has 120 valence electrons. The predicted octanol–water partition coefficient (Wildman–Crippen LogP) is 3.92. The van der Waals surface area contributed by atoms with Crippen molar-refractivity contribution in [3.05, 3.63) is 22.7 Å². The van der Waals surface area contributed by atoms with E-state index >= 15 is 0 Å². The molecule has 1 aromatic heterocycles. The van der Waals surface area contributed by atoms with E-state index in [0.29, 0.717) is 19.1 Å². The number of anilines is 1. The van der Waals surface area contributed by atoms with Gasteiger partial charge >= 0.3 is 6.09 Å². The third-order valence-electron chi connectivity index (χ3n) is 2.66. The molecule has 0 saturated carbocycles. The molecule has 0 saturated heterocycles. The Kier molecular flexibility index (Phi) is 5.28. The maximum atomic E-state index is 11.5. The number of ether oxygens (including phenoxy) is 1. The molecule has 0 aliphatic carbocycles. The van der Waals surface area contributed by atoms with Crippen molar-refractivity contribution in [1.82, 2.24) is 10.3 Å². The van der Waals surface area contributed by atoms with Gasteiger partial charge in [0.1, 0.15) is 11.1 Å². The van der Waals surface area contributed by atoms with E-state index in [9.17, 15) is 4.79 Å². The number of carbonyl (C=O) groups excluding carboxylic acids is 1. The lowest BCUT2D eigenvalue weighted by Gasteiger charge is -2.19. The van der Waals surface area contributed by atoms with Crippen LogP contribution >= 0.6 is 15.9 Å². The number of amides is 1. The molecular formula is C15H20BrN3O3. The zero-order valence-electron chi connectivity index (χ0n) is 12.9. The summed E-state index contributed by atoms with van der Waals surface area (Å²) < 4.78 is 11.6. The Balaban J connectivity index is 1.72. The quantitative estimate of drug-likeness (QED) is 0.781. The summed E-state index contributed by atoms with van der Waals surface area (Å²) >= 11 is 3.42. The number of carbonyl (C=O) groups is 1. The smallest absolute Gasteiger partial charge is 0.407 e. The maximum absolute atomic E-state index is 11.5. The molecule has 0 atom stereocenters. The highest BCUT2D eigenvalue weighted by molar-refractivity contribution is 9.10. The second-order valence-electron chi connectivity index (χ2n) is 5.82. The fraction of sp³-hybridized carbons (Fsp3) is 0.467. The molecule has 6 nitrogen and oxygen atoms in total. The summed E-state index contributed by atoms with van der Waals surface area (Å²) in [6.07, 6.45) is 0.331. The van der Waals surface area contributed by atoms with Gasteiger partial charge in [0.25, 0.3) is 6.01 Å². The van der Waals surface area contributed by atoms with Crippen LogP contribution < -0.4 is 10.6 Å². The van der Waals surface area contributed by atoms with E-state index in [0.717, 1.165) is 22.0 Å². The minimum absolute atomic E-state index is 0.404. The molecule has 2 aromatic rings. The predicted molar refractivity (Wildman–Crippen MR) is 89.1 cm³/mol. The normalized spacial score (nSPS) is 11.5. The topological polar surface area (TPSA) is 76.4 Å². The van der Waals surface area contributed by atoms with Gasteiger partial charge in [-0.15, -0.1) is 0 Å². The van der Waals surface area contributed by atoms with Crippen LogP contribution in [0.1, 0.15) is 27.2 Å². The molecule has 1 amide bonds. The number of nitrogens with zero attached hydrogens (tertiary/aromatic N) is 1. The SMILES string of the molecule is CC(C)(C)OC(=O)NCCCNc1nc2cccc(Br)c2o1. The third kappa shape index (κ3) is 4.91. The van der Waals surface area contributed by atoms with Crippen molar-refractivity contribution in [2.75, 3.05) is 18.4 Å². The zero-order valence-corrected chi connectivity index (χ0v) is 14.5. The average Bonchev–Trinajstić information content (AvgIpc) is 2.80. The first-order chi connectivity index (χ1) is 10.3. The van der Waals surface area contributed by atoms with Crippen LogP contribution in [0.3, 0.4) is 0 Å². The molecule has 0 aliphatic rings.